The molecular weight excluding hydrogens is 442 g/mol. The molecule has 186 valence electrons. The van der Waals surface area contributed by atoms with Crippen molar-refractivity contribution >= 4 is 17.4 Å². The van der Waals surface area contributed by atoms with Crippen LogP contribution in [0.15, 0.2) is 71.4 Å². The Hall–Kier alpha value is -3.36. The summed E-state index contributed by atoms with van der Waals surface area (Å²) in [5.41, 5.74) is 9.37. The molecule has 4 rings (SSSR count). The largest absolute Gasteiger partial charge is 0.482 e. The fourth-order valence-electron chi connectivity index (χ4n) is 4.68. The Morgan fingerprint density at radius 3 is 2.80 bits per heavy atom. The Bertz CT molecular complexity index is 1070. The third kappa shape index (κ3) is 6.41. The Labute approximate surface area is 206 Å². The van der Waals surface area contributed by atoms with Gasteiger partial charge in [-0.15, -0.1) is 5.10 Å². The minimum atomic E-state index is -0.775. The molecule has 0 saturated carbocycles. The number of fused-ring (bicyclic) bond motifs is 1. The van der Waals surface area contributed by atoms with Crippen molar-refractivity contribution in [2.45, 2.75) is 44.1 Å². The highest BCUT2D eigenvalue weighted by Gasteiger charge is 2.37. The molecule has 3 aliphatic rings. The number of rotatable bonds is 9. The van der Waals surface area contributed by atoms with E-state index in [1.165, 1.54) is 10.7 Å². The molecule has 35 heavy (non-hydrogen) atoms. The predicted molar refractivity (Wildman–Crippen MR) is 138 cm³/mol. The second-order valence-electron chi connectivity index (χ2n) is 9.26. The van der Waals surface area contributed by atoms with Crippen LogP contribution in [0.3, 0.4) is 0 Å². The Balaban J connectivity index is 1.45. The number of hydrogen-bond donors (Lipinski definition) is 4. The fraction of sp³-hybridized carbons (Fsp3) is 0.407. The minimum absolute atomic E-state index is 0.175. The molecule has 1 fully saturated rings. The summed E-state index contributed by atoms with van der Waals surface area (Å²) in [5, 5.41) is 17.8. The molecule has 1 atom stereocenters. The number of nitrogens with one attached hydrogen (secondary N) is 1. The molecule has 0 bridgehead atoms. The zero-order valence-electron chi connectivity index (χ0n) is 20.0. The summed E-state index contributed by atoms with van der Waals surface area (Å²) in [7, 11) is 0. The second kappa shape index (κ2) is 11.4. The number of unbranched alkanes of at least 4 members (excludes halogenated alkanes) is 2. The van der Waals surface area contributed by atoms with Crippen LogP contribution in [0, 0.1) is 5.92 Å². The molecule has 8 heteroatoms. The molecule has 0 amide bonds. The van der Waals surface area contributed by atoms with E-state index in [4.69, 9.17) is 21.4 Å². The van der Waals surface area contributed by atoms with Crippen LogP contribution in [0.4, 0.5) is 0 Å². The normalized spacial score (nSPS) is 20.9. The van der Waals surface area contributed by atoms with Gasteiger partial charge in [0, 0.05) is 24.8 Å². The topological polar surface area (TPSA) is 126 Å². The van der Waals surface area contributed by atoms with Gasteiger partial charge >= 0.3 is 5.97 Å². The lowest BCUT2D eigenvalue weighted by molar-refractivity contribution is -0.137. The van der Waals surface area contributed by atoms with Crippen LogP contribution in [0.1, 0.15) is 44.1 Å². The van der Waals surface area contributed by atoms with Gasteiger partial charge in [-0.3, -0.25) is 4.79 Å². The number of allylic oxidation sites excluding steroid dienone is 5. The highest BCUT2D eigenvalue weighted by atomic mass is 16.5. The van der Waals surface area contributed by atoms with Crippen LogP contribution in [-0.4, -0.2) is 47.3 Å². The van der Waals surface area contributed by atoms with Crippen molar-refractivity contribution in [2.75, 3.05) is 19.6 Å². The number of carboxylic acids is 1. The minimum Gasteiger partial charge on any atom is -0.482 e. The van der Waals surface area contributed by atoms with Gasteiger partial charge in [0.1, 0.15) is 17.2 Å². The number of ether oxygens (including phenoxy) is 1. The van der Waals surface area contributed by atoms with E-state index >= 15 is 0 Å². The number of carboxylic acid groups (broad SMARTS) is 1. The smallest absolute Gasteiger partial charge is 0.303 e. The number of benzene rings is 1. The van der Waals surface area contributed by atoms with Crippen molar-refractivity contribution in [2.24, 2.45) is 22.6 Å². The Morgan fingerprint density at radius 2 is 2.00 bits per heavy atom. The van der Waals surface area contributed by atoms with Crippen molar-refractivity contribution in [1.29, 1.82) is 0 Å². The van der Waals surface area contributed by atoms with Gasteiger partial charge in [0.2, 0.25) is 0 Å². The first-order valence-electron chi connectivity index (χ1n) is 12.3. The summed E-state index contributed by atoms with van der Waals surface area (Å²) >= 11 is 0. The van der Waals surface area contributed by atoms with E-state index < -0.39 is 5.97 Å². The molecule has 6 N–H and O–H groups in total. The van der Waals surface area contributed by atoms with Crippen LogP contribution in [0.2, 0.25) is 0 Å². The van der Waals surface area contributed by atoms with Crippen LogP contribution in [0.5, 0.6) is 5.75 Å². The molecule has 1 spiro atoms. The number of aliphatic carboxylic acids is 1. The van der Waals surface area contributed by atoms with E-state index in [1.54, 1.807) is 0 Å². The SMILES string of the molecule is N/C(=N\N(N)CCCCCC(=O)O)C1C=CC=C(C2=CC3(CCNCC3)Oc3ccccc32)C=C1. The van der Waals surface area contributed by atoms with Crippen LogP contribution in [-0.2, 0) is 4.79 Å². The number of para-hydroxylation sites is 1. The standard InChI is InChI=1S/C27H35N5O3/c28-26(31-32(29)18-5-1-2-11-25(33)34)21-8-6-7-20(12-13-21)23-19-27(14-16-30-17-15-27)35-24-10-4-3-9-22(23)24/h3-4,6-10,12-13,19,21,30H,1-2,5,11,14-18,29H2,(H2,28,31)(H,33,34). The second-order valence-corrected chi connectivity index (χ2v) is 9.26. The third-order valence-corrected chi connectivity index (χ3v) is 6.60. The van der Waals surface area contributed by atoms with E-state index in [-0.39, 0.29) is 17.9 Å². The summed E-state index contributed by atoms with van der Waals surface area (Å²) in [6.07, 6.45) is 16.8. The number of hydrazone groups is 1. The molecule has 2 aliphatic heterocycles. The zero-order chi connectivity index (χ0) is 24.7. The number of nitrogens with two attached hydrogens (primary N) is 2. The first-order valence-corrected chi connectivity index (χ1v) is 12.3. The predicted octanol–water partition coefficient (Wildman–Crippen LogP) is 3.35. The van der Waals surface area contributed by atoms with Gasteiger partial charge in [-0.1, -0.05) is 55.0 Å². The monoisotopic (exact) mass is 477 g/mol. The van der Waals surface area contributed by atoms with Crippen molar-refractivity contribution in [1.82, 2.24) is 10.4 Å². The molecular formula is C27H35N5O3. The van der Waals surface area contributed by atoms with E-state index in [2.05, 4.69) is 34.7 Å². The molecule has 8 nitrogen and oxygen atoms in total. The number of hydrogen-bond acceptors (Lipinski definition) is 6. The van der Waals surface area contributed by atoms with Crippen molar-refractivity contribution in [3.8, 4) is 5.75 Å². The van der Waals surface area contributed by atoms with Crippen LogP contribution < -0.4 is 21.6 Å². The molecule has 0 radical (unpaired) electrons. The molecule has 1 aromatic carbocycles. The summed E-state index contributed by atoms with van der Waals surface area (Å²) in [6, 6.07) is 8.21. The van der Waals surface area contributed by atoms with Gasteiger partial charge in [-0.05, 0) is 49.2 Å². The number of hydrazine groups is 1. The molecule has 0 aromatic heterocycles. The number of nitrogens with zero attached hydrogens (tertiary/aromatic N) is 2. The maximum absolute atomic E-state index is 10.6. The maximum atomic E-state index is 10.6. The van der Waals surface area contributed by atoms with Gasteiger partial charge in [-0.25, -0.2) is 11.0 Å². The highest BCUT2D eigenvalue weighted by molar-refractivity contribution is 5.89. The fourth-order valence-corrected chi connectivity index (χ4v) is 4.68. The lowest BCUT2D eigenvalue weighted by Gasteiger charge is -2.40. The summed E-state index contributed by atoms with van der Waals surface area (Å²) in [4.78, 5) is 10.6. The Morgan fingerprint density at radius 1 is 1.20 bits per heavy atom. The zero-order valence-corrected chi connectivity index (χ0v) is 20.0. The maximum Gasteiger partial charge on any atom is 0.303 e. The summed E-state index contributed by atoms with van der Waals surface area (Å²) < 4.78 is 6.50. The quantitative estimate of drug-likeness (QED) is 0.141. The number of piperidine rings is 1. The van der Waals surface area contributed by atoms with Crippen LogP contribution in [0.25, 0.3) is 5.57 Å². The van der Waals surface area contributed by atoms with Crippen molar-refractivity contribution < 1.29 is 14.6 Å². The first-order chi connectivity index (χ1) is 17.0. The van der Waals surface area contributed by atoms with Gasteiger partial charge in [0.05, 0.1) is 12.5 Å². The van der Waals surface area contributed by atoms with E-state index in [0.717, 1.165) is 55.7 Å². The van der Waals surface area contributed by atoms with Crippen molar-refractivity contribution in [3.05, 3.63) is 71.9 Å². The molecule has 1 saturated heterocycles. The molecule has 1 aromatic rings. The van der Waals surface area contributed by atoms with Gasteiger partial charge in [-0.2, -0.15) is 0 Å². The van der Waals surface area contributed by atoms with Gasteiger partial charge in [0.25, 0.3) is 0 Å². The molecule has 2 heterocycles. The first kappa shape index (κ1) is 24.8. The molecule has 1 aliphatic carbocycles. The Kier molecular flexibility index (Phi) is 8.05. The van der Waals surface area contributed by atoms with Gasteiger partial charge in [0.15, 0.2) is 0 Å². The van der Waals surface area contributed by atoms with Gasteiger partial charge < -0.3 is 20.9 Å². The molecule has 1 unspecified atom stereocenters. The van der Waals surface area contributed by atoms with E-state index in [9.17, 15) is 4.79 Å². The van der Waals surface area contributed by atoms with Crippen molar-refractivity contribution in [3.63, 3.8) is 0 Å². The van der Waals surface area contributed by atoms with Crippen LogP contribution >= 0.6 is 0 Å². The lowest BCUT2D eigenvalue weighted by Crippen LogP contribution is -2.46. The van der Waals surface area contributed by atoms with E-state index in [0.29, 0.717) is 18.8 Å². The van der Waals surface area contributed by atoms with E-state index in [1.807, 2.05) is 36.4 Å². The highest BCUT2D eigenvalue weighted by Crippen LogP contribution is 2.43. The summed E-state index contributed by atoms with van der Waals surface area (Å²) in [6.45, 7) is 2.39. The number of amidine groups is 1. The third-order valence-electron chi connectivity index (χ3n) is 6.60. The number of carbonyl (C=O) groups is 1. The average molecular weight is 478 g/mol. The summed E-state index contributed by atoms with van der Waals surface area (Å²) in [5.74, 6) is 6.39. The average Bonchev–Trinajstić information content (AvgIpc) is 3.10. The lowest BCUT2D eigenvalue weighted by atomic mass is 9.83.